The van der Waals surface area contributed by atoms with Gasteiger partial charge in [0, 0.05) is 34.7 Å². The molecular weight excluding hydrogens is 460 g/mol. The van der Waals surface area contributed by atoms with Crippen LogP contribution in [0.5, 0.6) is 0 Å². The Kier molecular flexibility index (Phi) is 8.21. The van der Waals surface area contributed by atoms with Gasteiger partial charge in [0.1, 0.15) is 5.58 Å². The highest BCUT2D eigenvalue weighted by Crippen LogP contribution is 2.30. The van der Waals surface area contributed by atoms with E-state index < -0.39 is 15.9 Å². The second-order valence-corrected chi connectivity index (χ2v) is 10.6. The summed E-state index contributed by atoms with van der Waals surface area (Å²) >= 11 is 6.06. The molecule has 0 aliphatic rings. The monoisotopic (exact) mass is 490 g/mol. The molecule has 0 aliphatic carbocycles. The molecule has 8 heteroatoms. The van der Waals surface area contributed by atoms with Crippen molar-refractivity contribution in [2.45, 2.75) is 58.3 Å². The standard InChI is InChI=1S/C25H31ClN2O4S/c1-5-7-13-28(14-8-6-2)33(30,31)20-11-12-23-21(16-20)18(4)24(32-23)25(29)27-22-15-19(26)10-9-17(22)3/h9-12,15-16H,5-8,13-14H2,1-4H3,(H,27,29). The van der Waals surface area contributed by atoms with Crippen molar-refractivity contribution in [3.05, 3.63) is 58.3 Å². The van der Waals surface area contributed by atoms with Crippen molar-refractivity contribution in [1.82, 2.24) is 4.31 Å². The van der Waals surface area contributed by atoms with Crippen LogP contribution in [0.1, 0.15) is 61.2 Å². The number of hydrogen-bond donors (Lipinski definition) is 1. The number of nitrogens with one attached hydrogen (secondary N) is 1. The number of aryl methyl sites for hydroxylation is 2. The van der Waals surface area contributed by atoms with Gasteiger partial charge in [0.25, 0.3) is 5.91 Å². The fourth-order valence-electron chi connectivity index (χ4n) is 3.66. The largest absolute Gasteiger partial charge is 0.451 e. The summed E-state index contributed by atoms with van der Waals surface area (Å²) in [6.45, 7) is 8.71. The molecule has 6 nitrogen and oxygen atoms in total. The van der Waals surface area contributed by atoms with Gasteiger partial charge in [-0.25, -0.2) is 8.42 Å². The Labute approximate surface area is 201 Å². The molecule has 1 N–H and O–H groups in total. The van der Waals surface area contributed by atoms with Crippen LogP contribution < -0.4 is 5.32 Å². The van der Waals surface area contributed by atoms with E-state index >= 15 is 0 Å². The Balaban J connectivity index is 1.94. The van der Waals surface area contributed by atoms with Crippen molar-refractivity contribution in [2.75, 3.05) is 18.4 Å². The predicted octanol–water partition coefficient (Wildman–Crippen LogP) is 6.55. The molecule has 1 aromatic heterocycles. The van der Waals surface area contributed by atoms with Gasteiger partial charge >= 0.3 is 0 Å². The minimum absolute atomic E-state index is 0.146. The first-order valence-corrected chi connectivity index (χ1v) is 13.1. The molecule has 0 bridgehead atoms. The van der Waals surface area contributed by atoms with E-state index in [1.807, 2.05) is 26.8 Å². The number of carbonyl (C=O) groups is 1. The molecule has 0 unspecified atom stereocenters. The Morgan fingerprint density at radius 3 is 2.33 bits per heavy atom. The number of benzene rings is 2. The van der Waals surface area contributed by atoms with Crippen molar-refractivity contribution >= 4 is 44.2 Å². The number of halogens is 1. The quantitative estimate of drug-likeness (QED) is 0.349. The number of unbranched alkanes of at least 4 members (excludes halogenated alkanes) is 2. The highest BCUT2D eigenvalue weighted by atomic mass is 35.5. The van der Waals surface area contributed by atoms with E-state index in [0.29, 0.717) is 40.3 Å². The number of rotatable bonds is 10. The summed E-state index contributed by atoms with van der Waals surface area (Å²) in [5, 5.41) is 3.96. The molecule has 1 amide bonds. The zero-order chi connectivity index (χ0) is 24.2. The van der Waals surface area contributed by atoms with Crippen molar-refractivity contribution < 1.29 is 17.6 Å². The Morgan fingerprint density at radius 1 is 1.03 bits per heavy atom. The molecule has 0 spiro atoms. The Bertz CT molecular complexity index is 1240. The zero-order valence-electron chi connectivity index (χ0n) is 19.6. The van der Waals surface area contributed by atoms with Gasteiger partial charge in [-0.1, -0.05) is 44.4 Å². The number of hydrogen-bond acceptors (Lipinski definition) is 4. The van der Waals surface area contributed by atoms with E-state index in [9.17, 15) is 13.2 Å². The van der Waals surface area contributed by atoms with Crippen LogP contribution in [0.4, 0.5) is 5.69 Å². The van der Waals surface area contributed by atoms with Crippen molar-refractivity contribution in [3.63, 3.8) is 0 Å². The van der Waals surface area contributed by atoms with Gasteiger partial charge in [-0.05, 0) is 62.6 Å². The summed E-state index contributed by atoms with van der Waals surface area (Å²) in [5.74, 6) is -0.265. The lowest BCUT2D eigenvalue weighted by molar-refractivity contribution is 0.0998. The minimum atomic E-state index is -3.65. The summed E-state index contributed by atoms with van der Waals surface area (Å²) < 4.78 is 34.1. The van der Waals surface area contributed by atoms with Crippen LogP contribution in [-0.4, -0.2) is 31.7 Å². The summed E-state index contributed by atoms with van der Waals surface area (Å²) in [7, 11) is -3.65. The summed E-state index contributed by atoms with van der Waals surface area (Å²) in [6.07, 6.45) is 3.46. The van der Waals surface area contributed by atoms with Crippen molar-refractivity contribution in [2.24, 2.45) is 0 Å². The lowest BCUT2D eigenvalue weighted by atomic mass is 10.1. The first-order valence-electron chi connectivity index (χ1n) is 11.3. The van der Waals surface area contributed by atoms with E-state index in [2.05, 4.69) is 5.32 Å². The first-order chi connectivity index (χ1) is 15.7. The number of sulfonamides is 1. The number of amides is 1. The van der Waals surface area contributed by atoms with Crippen LogP contribution in [0.25, 0.3) is 11.0 Å². The third-order valence-electron chi connectivity index (χ3n) is 5.72. The number of fused-ring (bicyclic) bond motifs is 1. The molecule has 3 aromatic rings. The first kappa shape index (κ1) is 25.3. The third kappa shape index (κ3) is 5.60. The number of furan rings is 1. The second-order valence-electron chi connectivity index (χ2n) is 8.24. The highest BCUT2D eigenvalue weighted by Gasteiger charge is 2.26. The average molecular weight is 491 g/mol. The molecule has 0 radical (unpaired) electrons. The molecule has 0 fully saturated rings. The molecular formula is C25H31ClN2O4S. The van der Waals surface area contributed by atoms with E-state index in [4.69, 9.17) is 16.0 Å². The maximum Gasteiger partial charge on any atom is 0.291 e. The van der Waals surface area contributed by atoms with Gasteiger partial charge in [-0.2, -0.15) is 4.31 Å². The Morgan fingerprint density at radius 2 is 1.70 bits per heavy atom. The number of carbonyl (C=O) groups excluding carboxylic acids is 1. The van der Waals surface area contributed by atoms with E-state index in [-0.39, 0.29) is 10.7 Å². The topological polar surface area (TPSA) is 79.6 Å². The third-order valence-corrected chi connectivity index (χ3v) is 7.85. The molecule has 0 aliphatic heterocycles. The van der Waals surface area contributed by atoms with E-state index in [0.717, 1.165) is 31.2 Å². The fourth-order valence-corrected chi connectivity index (χ4v) is 5.37. The van der Waals surface area contributed by atoms with Gasteiger partial charge in [0.05, 0.1) is 4.90 Å². The van der Waals surface area contributed by atoms with Crippen LogP contribution in [0.15, 0.2) is 45.7 Å². The van der Waals surface area contributed by atoms with Crippen LogP contribution in [-0.2, 0) is 10.0 Å². The smallest absolute Gasteiger partial charge is 0.291 e. The zero-order valence-corrected chi connectivity index (χ0v) is 21.1. The van der Waals surface area contributed by atoms with Crippen LogP contribution in [0, 0.1) is 13.8 Å². The molecule has 0 saturated heterocycles. The highest BCUT2D eigenvalue weighted by molar-refractivity contribution is 7.89. The van der Waals surface area contributed by atoms with Gasteiger partial charge in [0.2, 0.25) is 10.0 Å². The van der Waals surface area contributed by atoms with Crippen molar-refractivity contribution in [1.29, 1.82) is 0 Å². The number of nitrogens with zero attached hydrogens (tertiary/aromatic N) is 1. The van der Waals surface area contributed by atoms with Gasteiger partial charge in [0.15, 0.2) is 5.76 Å². The summed E-state index contributed by atoms with van der Waals surface area (Å²) in [4.78, 5) is 13.1. The maximum absolute atomic E-state index is 13.4. The molecule has 1 heterocycles. The average Bonchev–Trinajstić information content (AvgIpc) is 3.12. The van der Waals surface area contributed by atoms with Crippen LogP contribution in [0.3, 0.4) is 0 Å². The van der Waals surface area contributed by atoms with Crippen LogP contribution >= 0.6 is 11.6 Å². The summed E-state index contributed by atoms with van der Waals surface area (Å²) in [5.41, 5.74) is 2.52. The van der Waals surface area contributed by atoms with Gasteiger partial charge < -0.3 is 9.73 Å². The molecule has 178 valence electrons. The SMILES string of the molecule is CCCCN(CCCC)S(=O)(=O)c1ccc2oc(C(=O)Nc3cc(Cl)ccc3C)c(C)c2c1. The summed E-state index contributed by atoms with van der Waals surface area (Å²) in [6, 6.07) is 10.0. The van der Waals surface area contributed by atoms with E-state index in [1.165, 1.54) is 0 Å². The lowest BCUT2D eigenvalue weighted by Gasteiger charge is -2.22. The van der Waals surface area contributed by atoms with Crippen molar-refractivity contribution in [3.8, 4) is 0 Å². The number of anilines is 1. The fraction of sp³-hybridized carbons (Fsp3) is 0.400. The van der Waals surface area contributed by atoms with Gasteiger partial charge in [-0.15, -0.1) is 0 Å². The van der Waals surface area contributed by atoms with Gasteiger partial charge in [-0.3, -0.25) is 4.79 Å². The van der Waals surface area contributed by atoms with Crippen LogP contribution in [0.2, 0.25) is 5.02 Å². The second kappa shape index (κ2) is 10.7. The normalized spacial score (nSPS) is 11.9. The molecule has 0 atom stereocenters. The van der Waals surface area contributed by atoms with E-state index in [1.54, 1.807) is 41.6 Å². The lowest BCUT2D eigenvalue weighted by Crippen LogP contribution is -2.33. The Hall–Kier alpha value is -2.35. The maximum atomic E-state index is 13.4. The minimum Gasteiger partial charge on any atom is -0.451 e. The molecule has 33 heavy (non-hydrogen) atoms. The predicted molar refractivity (Wildman–Crippen MR) is 134 cm³/mol. The molecule has 3 rings (SSSR count). The molecule has 2 aromatic carbocycles. The molecule has 0 saturated carbocycles.